The molecule has 1 unspecified atom stereocenters. The lowest BCUT2D eigenvalue weighted by atomic mass is 9.92. The smallest absolute Gasteiger partial charge is 0.229 e. The van der Waals surface area contributed by atoms with Crippen LogP contribution < -0.4 is 16.4 Å². The van der Waals surface area contributed by atoms with Gasteiger partial charge in [0.1, 0.15) is 16.8 Å². The van der Waals surface area contributed by atoms with E-state index in [1.54, 1.807) is 6.20 Å². The van der Waals surface area contributed by atoms with E-state index in [9.17, 15) is 4.21 Å². The Balaban J connectivity index is 1.38. The number of rotatable bonds is 7. The minimum atomic E-state index is -1.20. The summed E-state index contributed by atoms with van der Waals surface area (Å²) in [7, 11) is 0.738. The van der Waals surface area contributed by atoms with Gasteiger partial charge in [-0.3, -0.25) is 0 Å². The molecule has 168 valence electrons. The van der Waals surface area contributed by atoms with Crippen molar-refractivity contribution in [3.8, 4) is 0 Å². The van der Waals surface area contributed by atoms with Crippen LogP contribution in [0.25, 0.3) is 0 Å². The number of aromatic nitrogens is 2. The van der Waals surface area contributed by atoms with Crippen LogP contribution in [-0.2, 0) is 11.0 Å². The molecule has 2 aromatic carbocycles. The molecule has 1 heterocycles. The Hall–Kier alpha value is -2.81. The fourth-order valence-electron chi connectivity index (χ4n) is 3.82. The van der Waals surface area contributed by atoms with Crippen molar-refractivity contribution in [2.75, 3.05) is 17.7 Å². The Morgan fingerprint density at radius 2 is 1.56 bits per heavy atom. The molecule has 0 amide bonds. The first-order valence-corrected chi connectivity index (χ1v) is 12.0. The van der Waals surface area contributed by atoms with Crippen molar-refractivity contribution >= 4 is 34.1 Å². The second-order valence-corrected chi connectivity index (χ2v) is 9.82. The normalized spacial score (nSPS) is 19.5. The Morgan fingerprint density at radius 3 is 2.25 bits per heavy atom. The molecule has 1 aromatic heterocycles. The summed E-state index contributed by atoms with van der Waals surface area (Å²) in [5.41, 5.74) is 9.02. The summed E-state index contributed by atoms with van der Waals surface area (Å²) >= 11 is 0. The van der Waals surface area contributed by atoms with E-state index in [-0.39, 0.29) is 6.04 Å². The highest BCUT2D eigenvalue weighted by molar-refractivity contribution is 7.82. The predicted molar refractivity (Wildman–Crippen MR) is 131 cm³/mol. The number of hydrogen-bond donors (Lipinski definition) is 3. The molecule has 0 radical (unpaired) electrons. The number of aryl methyl sites for hydroxylation is 1. The Kier molecular flexibility index (Phi) is 7.14. The highest BCUT2D eigenvalue weighted by Gasteiger charge is 2.25. The van der Waals surface area contributed by atoms with Crippen LogP contribution in [0.4, 0.5) is 23.1 Å². The highest BCUT2D eigenvalue weighted by atomic mass is 32.2. The Bertz CT molecular complexity index is 1050. The van der Waals surface area contributed by atoms with Crippen LogP contribution in [-0.4, -0.2) is 37.6 Å². The molecule has 1 atom stereocenters. The summed E-state index contributed by atoms with van der Waals surface area (Å²) in [4.78, 5) is 9.61. The molecule has 1 fully saturated rings. The molecule has 32 heavy (non-hydrogen) atoms. The third-order valence-electron chi connectivity index (χ3n) is 5.81. The average molecular weight is 451 g/mol. The molecular weight excluding hydrogens is 420 g/mol. The van der Waals surface area contributed by atoms with Crippen molar-refractivity contribution in [1.29, 1.82) is 0 Å². The van der Waals surface area contributed by atoms with Gasteiger partial charge in [-0.15, -0.1) is 0 Å². The van der Waals surface area contributed by atoms with E-state index in [1.807, 2.05) is 53.8 Å². The predicted octanol–water partition coefficient (Wildman–Crippen LogP) is 4.50. The van der Waals surface area contributed by atoms with Crippen molar-refractivity contribution in [2.24, 2.45) is 5.73 Å². The third kappa shape index (κ3) is 5.70. The van der Waals surface area contributed by atoms with E-state index in [0.717, 1.165) is 42.0 Å². The molecule has 0 aliphatic heterocycles. The lowest BCUT2D eigenvalue weighted by Gasteiger charge is -2.32. The molecule has 0 saturated heterocycles. The number of nitrogens with zero attached hydrogens (tertiary/aromatic N) is 3. The van der Waals surface area contributed by atoms with Gasteiger partial charge in [0.15, 0.2) is 0 Å². The van der Waals surface area contributed by atoms with Gasteiger partial charge in [0, 0.05) is 36.7 Å². The molecule has 0 bridgehead atoms. The third-order valence-corrected chi connectivity index (χ3v) is 7.31. The van der Waals surface area contributed by atoms with Gasteiger partial charge in [0.25, 0.3) is 0 Å². The van der Waals surface area contributed by atoms with Gasteiger partial charge in [-0.05, 0) is 75.1 Å². The molecule has 7 nitrogen and oxygen atoms in total. The van der Waals surface area contributed by atoms with Crippen molar-refractivity contribution in [2.45, 2.75) is 49.6 Å². The SMILES string of the molecule is Cc1ccc(Nc2ccnc(Nc3ccc(S(=O)N(C)C4CCC(N)CC4)cc3)n2)cc1. The molecule has 1 aliphatic rings. The van der Waals surface area contributed by atoms with Crippen LogP contribution in [0.15, 0.2) is 65.7 Å². The summed E-state index contributed by atoms with van der Waals surface area (Å²) in [5.74, 6) is 1.20. The second kappa shape index (κ2) is 10.2. The van der Waals surface area contributed by atoms with E-state index < -0.39 is 11.0 Å². The standard InChI is InChI=1S/C24H30N6OS/c1-17-3-7-19(8-4-17)27-23-15-16-26-24(29-23)28-20-9-13-22(14-10-20)32(31)30(2)21-11-5-18(25)6-12-21/h3-4,7-10,13-16,18,21H,5-6,11-12,25H2,1-2H3,(H2,26,27,28,29). The summed E-state index contributed by atoms with van der Waals surface area (Å²) in [6, 6.07) is 18.1. The van der Waals surface area contributed by atoms with Crippen LogP contribution >= 0.6 is 0 Å². The molecule has 4 rings (SSSR count). The summed E-state index contributed by atoms with van der Waals surface area (Å²) < 4.78 is 15.0. The van der Waals surface area contributed by atoms with E-state index in [0.29, 0.717) is 17.8 Å². The molecule has 4 N–H and O–H groups in total. The zero-order valence-corrected chi connectivity index (χ0v) is 19.3. The van der Waals surface area contributed by atoms with Crippen LogP contribution in [0.2, 0.25) is 0 Å². The van der Waals surface area contributed by atoms with E-state index in [4.69, 9.17) is 5.73 Å². The van der Waals surface area contributed by atoms with Gasteiger partial charge < -0.3 is 16.4 Å². The average Bonchev–Trinajstić information content (AvgIpc) is 2.81. The largest absolute Gasteiger partial charge is 0.340 e. The summed E-state index contributed by atoms with van der Waals surface area (Å²) in [6.45, 7) is 2.06. The van der Waals surface area contributed by atoms with Crippen molar-refractivity contribution < 1.29 is 4.21 Å². The fraction of sp³-hybridized carbons (Fsp3) is 0.333. The number of nitrogens with two attached hydrogens (primary N) is 1. The van der Waals surface area contributed by atoms with E-state index >= 15 is 0 Å². The first-order valence-electron chi connectivity index (χ1n) is 10.9. The van der Waals surface area contributed by atoms with Crippen molar-refractivity contribution in [3.63, 3.8) is 0 Å². The summed E-state index contributed by atoms with van der Waals surface area (Å²) in [5, 5.41) is 6.50. The van der Waals surface area contributed by atoms with Gasteiger partial charge in [-0.25, -0.2) is 13.5 Å². The molecule has 1 saturated carbocycles. The lowest BCUT2D eigenvalue weighted by molar-refractivity contribution is 0.277. The zero-order chi connectivity index (χ0) is 22.5. The quantitative estimate of drug-likeness (QED) is 0.491. The van der Waals surface area contributed by atoms with E-state index in [2.05, 4.69) is 39.7 Å². The maximum Gasteiger partial charge on any atom is 0.229 e. The van der Waals surface area contributed by atoms with Crippen molar-refractivity contribution in [3.05, 3.63) is 66.4 Å². The Morgan fingerprint density at radius 1 is 0.938 bits per heavy atom. The molecular formula is C24H30N6OS. The van der Waals surface area contributed by atoms with Gasteiger partial charge in [0.05, 0.1) is 4.90 Å². The van der Waals surface area contributed by atoms with Crippen LogP contribution in [0.1, 0.15) is 31.2 Å². The maximum absolute atomic E-state index is 13.0. The molecule has 1 aliphatic carbocycles. The zero-order valence-electron chi connectivity index (χ0n) is 18.5. The first-order chi connectivity index (χ1) is 15.5. The molecule has 0 spiro atoms. The monoisotopic (exact) mass is 450 g/mol. The first kappa shape index (κ1) is 22.4. The Labute approximate surface area is 192 Å². The van der Waals surface area contributed by atoms with E-state index in [1.165, 1.54) is 5.56 Å². The lowest BCUT2D eigenvalue weighted by Crippen LogP contribution is -2.39. The van der Waals surface area contributed by atoms with Crippen molar-refractivity contribution in [1.82, 2.24) is 14.3 Å². The topological polar surface area (TPSA) is 96.2 Å². The second-order valence-electron chi connectivity index (χ2n) is 8.27. The van der Waals surface area contributed by atoms with Crippen LogP contribution in [0.5, 0.6) is 0 Å². The van der Waals surface area contributed by atoms with Gasteiger partial charge in [-0.1, -0.05) is 17.7 Å². The number of anilines is 4. The minimum absolute atomic E-state index is 0.284. The molecule has 3 aromatic rings. The van der Waals surface area contributed by atoms with Gasteiger partial charge >= 0.3 is 0 Å². The van der Waals surface area contributed by atoms with Gasteiger partial charge in [-0.2, -0.15) is 4.98 Å². The number of benzene rings is 2. The molecule has 8 heteroatoms. The minimum Gasteiger partial charge on any atom is -0.340 e. The number of hydrogen-bond acceptors (Lipinski definition) is 6. The maximum atomic E-state index is 13.0. The van der Waals surface area contributed by atoms with Gasteiger partial charge in [0.2, 0.25) is 5.95 Å². The fourth-order valence-corrected chi connectivity index (χ4v) is 5.01. The van der Waals surface area contributed by atoms with Crippen LogP contribution in [0.3, 0.4) is 0 Å². The highest BCUT2D eigenvalue weighted by Crippen LogP contribution is 2.25. The summed E-state index contributed by atoms with van der Waals surface area (Å²) in [6.07, 6.45) is 5.68. The number of nitrogens with one attached hydrogen (secondary N) is 2. The van der Waals surface area contributed by atoms with Crippen LogP contribution in [0, 0.1) is 6.92 Å².